The molecule has 0 atom stereocenters. The molecule has 112 valence electrons. The van der Waals surface area contributed by atoms with E-state index < -0.39 is 0 Å². The minimum Gasteiger partial charge on any atom is -0.496 e. The first-order valence-electron chi connectivity index (χ1n) is 7.83. The molecule has 22 heavy (non-hydrogen) atoms. The van der Waals surface area contributed by atoms with Gasteiger partial charge in [0.2, 0.25) is 0 Å². The Kier molecular flexibility index (Phi) is 3.35. The fourth-order valence-corrected chi connectivity index (χ4v) is 3.37. The lowest BCUT2D eigenvalue weighted by Gasteiger charge is -2.10. The average Bonchev–Trinajstić information content (AvgIpc) is 2.75. The van der Waals surface area contributed by atoms with Crippen LogP contribution in [0.15, 0.2) is 48.5 Å². The van der Waals surface area contributed by atoms with Gasteiger partial charge in [0, 0.05) is 42.8 Å². The molecule has 0 aliphatic carbocycles. The van der Waals surface area contributed by atoms with Crippen molar-refractivity contribution in [3.63, 3.8) is 0 Å². The molecule has 0 radical (unpaired) electrons. The van der Waals surface area contributed by atoms with Crippen molar-refractivity contribution in [2.75, 3.05) is 20.2 Å². The molecule has 2 heterocycles. The second-order valence-corrected chi connectivity index (χ2v) is 5.76. The van der Waals surface area contributed by atoms with E-state index in [2.05, 4.69) is 46.3 Å². The zero-order valence-electron chi connectivity index (χ0n) is 12.8. The van der Waals surface area contributed by atoms with E-state index in [4.69, 9.17) is 4.74 Å². The van der Waals surface area contributed by atoms with Crippen molar-refractivity contribution in [3.8, 4) is 16.9 Å². The average molecular weight is 292 g/mol. The number of nitrogens with one attached hydrogen (secondary N) is 1. The zero-order valence-corrected chi connectivity index (χ0v) is 12.8. The van der Waals surface area contributed by atoms with Gasteiger partial charge in [-0.1, -0.05) is 30.3 Å². The fourth-order valence-electron chi connectivity index (χ4n) is 3.37. The molecule has 0 spiro atoms. The Bertz CT molecular complexity index is 819. The molecule has 1 aliphatic rings. The van der Waals surface area contributed by atoms with Gasteiger partial charge in [0.05, 0.1) is 7.11 Å². The van der Waals surface area contributed by atoms with Crippen LogP contribution in [0.1, 0.15) is 5.69 Å². The summed E-state index contributed by atoms with van der Waals surface area (Å²) in [5, 5.41) is 4.80. The Balaban J connectivity index is 1.88. The Morgan fingerprint density at radius 1 is 1.05 bits per heavy atom. The van der Waals surface area contributed by atoms with Crippen LogP contribution in [0.3, 0.4) is 0 Å². The molecule has 1 aliphatic heterocycles. The lowest BCUT2D eigenvalue weighted by Crippen LogP contribution is -2.17. The van der Waals surface area contributed by atoms with Gasteiger partial charge in [0.15, 0.2) is 0 Å². The zero-order chi connectivity index (χ0) is 14.9. The molecule has 3 heteroatoms. The van der Waals surface area contributed by atoms with Gasteiger partial charge in [0.25, 0.3) is 0 Å². The Morgan fingerprint density at radius 2 is 1.95 bits per heavy atom. The molecule has 0 fully saturated rings. The highest BCUT2D eigenvalue weighted by Gasteiger charge is 2.13. The van der Waals surface area contributed by atoms with Crippen LogP contribution in [0, 0.1) is 0 Å². The van der Waals surface area contributed by atoms with Gasteiger partial charge in [-0.15, -0.1) is 0 Å². The molecule has 3 aromatic rings. The monoisotopic (exact) mass is 292 g/mol. The maximum absolute atomic E-state index is 5.51. The molecular formula is C19H20N2O. The van der Waals surface area contributed by atoms with Gasteiger partial charge < -0.3 is 14.6 Å². The molecule has 0 unspecified atom stereocenters. The van der Waals surface area contributed by atoms with Gasteiger partial charge >= 0.3 is 0 Å². The number of hydrogen-bond donors (Lipinski definition) is 1. The Labute approximate surface area is 130 Å². The predicted molar refractivity (Wildman–Crippen MR) is 90.5 cm³/mol. The summed E-state index contributed by atoms with van der Waals surface area (Å²) in [6.07, 6.45) is 1.10. The van der Waals surface area contributed by atoms with Crippen LogP contribution >= 0.6 is 0 Å². The maximum Gasteiger partial charge on any atom is 0.126 e. The second kappa shape index (κ2) is 5.50. The molecule has 0 saturated carbocycles. The van der Waals surface area contributed by atoms with Crippen molar-refractivity contribution in [2.45, 2.75) is 13.0 Å². The largest absolute Gasteiger partial charge is 0.496 e. The topological polar surface area (TPSA) is 26.2 Å². The SMILES string of the molecule is COc1ccccc1-c1ccc2cc3n(c2c1)CCNCC3. The quantitative estimate of drug-likeness (QED) is 0.783. The van der Waals surface area contributed by atoms with Crippen molar-refractivity contribution >= 4 is 10.9 Å². The first-order valence-corrected chi connectivity index (χ1v) is 7.83. The van der Waals surface area contributed by atoms with Crippen LogP contribution in [-0.4, -0.2) is 24.8 Å². The van der Waals surface area contributed by atoms with Gasteiger partial charge in [-0.3, -0.25) is 0 Å². The van der Waals surface area contributed by atoms with Crippen LogP contribution in [0.25, 0.3) is 22.0 Å². The number of hydrogen-bond acceptors (Lipinski definition) is 2. The molecule has 2 aromatic carbocycles. The third-order valence-corrected chi connectivity index (χ3v) is 4.48. The summed E-state index contributed by atoms with van der Waals surface area (Å²) in [7, 11) is 1.73. The van der Waals surface area contributed by atoms with Crippen molar-refractivity contribution < 1.29 is 4.74 Å². The van der Waals surface area contributed by atoms with E-state index in [1.165, 1.54) is 22.2 Å². The van der Waals surface area contributed by atoms with Crippen LogP contribution in [0.2, 0.25) is 0 Å². The van der Waals surface area contributed by atoms with Crippen LogP contribution < -0.4 is 10.1 Å². The van der Waals surface area contributed by atoms with E-state index in [9.17, 15) is 0 Å². The van der Waals surface area contributed by atoms with Gasteiger partial charge in [0.1, 0.15) is 5.75 Å². The Hall–Kier alpha value is -2.26. The third-order valence-electron chi connectivity index (χ3n) is 4.48. The van der Waals surface area contributed by atoms with E-state index in [0.29, 0.717) is 0 Å². The van der Waals surface area contributed by atoms with Gasteiger partial charge in [-0.2, -0.15) is 0 Å². The lowest BCUT2D eigenvalue weighted by atomic mass is 10.0. The van der Waals surface area contributed by atoms with E-state index in [0.717, 1.165) is 37.4 Å². The standard InChI is InChI=1S/C19H20N2O/c1-22-19-5-3-2-4-17(19)14-6-7-15-12-16-8-9-20-10-11-21(16)18(15)13-14/h2-7,12-13,20H,8-11H2,1H3. The Morgan fingerprint density at radius 3 is 2.86 bits per heavy atom. The van der Waals surface area contributed by atoms with Crippen LogP contribution in [0.5, 0.6) is 5.75 Å². The van der Waals surface area contributed by atoms with Crippen LogP contribution in [0.4, 0.5) is 0 Å². The molecule has 0 saturated heterocycles. The minimum absolute atomic E-state index is 0.922. The number of aromatic nitrogens is 1. The second-order valence-electron chi connectivity index (χ2n) is 5.76. The summed E-state index contributed by atoms with van der Waals surface area (Å²) in [5.74, 6) is 0.922. The van der Waals surface area contributed by atoms with E-state index in [1.807, 2.05) is 12.1 Å². The van der Waals surface area contributed by atoms with Crippen molar-refractivity contribution in [1.82, 2.24) is 9.88 Å². The molecule has 0 amide bonds. The van der Waals surface area contributed by atoms with Gasteiger partial charge in [-0.05, 0) is 29.1 Å². The normalized spacial score (nSPS) is 14.6. The summed E-state index contributed by atoms with van der Waals surface area (Å²) in [4.78, 5) is 0. The molecule has 4 rings (SSSR count). The van der Waals surface area contributed by atoms with E-state index in [1.54, 1.807) is 7.11 Å². The fraction of sp³-hybridized carbons (Fsp3) is 0.263. The number of rotatable bonds is 2. The van der Waals surface area contributed by atoms with Crippen molar-refractivity contribution in [2.24, 2.45) is 0 Å². The highest BCUT2D eigenvalue weighted by molar-refractivity contribution is 5.87. The number of ether oxygens (including phenoxy) is 1. The first-order chi connectivity index (χ1) is 10.9. The molecule has 3 nitrogen and oxygen atoms in total. The minimum atomic E-state index is 0.922. The lowest BCUT2D eigenvalue weighted by molar-refractivity contribution is 0.416. The highest BCUT2D eigenvalue weighted by Crippen LogP contribution is 2.32. The smallest absolute Gasteiger partial charge is 0.126 e. The van der Waals surface area contributed by atoms with E-state index >= 15 is 0 Å². The number of para-hydroxylation sites is 1. The summed E-state index contributed by atoms with van der Waals surface area (Å²) in [6, 6.07) is 17.2. The number of benzene rings is 2. The summed E-state index contributed by atoms with van der Waals surface area (Å²) in [6.45, 7) is 3.14. The van der Waals surface area contributed by atoms with Crippen molar-refractivity contribution in [1.29, 1.82) is 0 Å². The van der Waals surface area contributed by atoms with Crippen molar-refractivity contribution in [3.05, 3.63) is 54.2 Å². The maximum atomic E-state index is 5.51. The number of fused-ring (bicyclic) bond motifs is 3. The highest BCUT2D eigenvalue weighted by atomic mass is 16.5. The molecular weight excluding hydrogens is 272 g/mol. The molecule has 1 aromatic heterocycles. The van der Waals surface area contributed by atoms with E-state index in [-0.39, 0.29) is 0 Å². The van der Waals surface area contributed by atoms with Gasteiger partial charge in [-0.25, -0.2) is 0 Å². The third kappa shape index (κ3) is 2.18. The number of methoxy groups -OCH3 is 1. The predicted octanol–water partition coefficient (Wildman–Crippen LogP) is 3.46. The van der Waals surface area contributed by atoms with Crippen LogP contribution in [-0.2, 0) is 13.0 Å². The summed E-state index contributed by atoms with van der Waals surface area (Å²) >= 11 is 0. The summed E-state index contributed by atoms with van der Waals surface area (Å²) in [5.41, 5.74) is 5.11. The first kappa shape index (κ1) is 13.4. The number of nitrogens with zero attached hydrogens (tertiary/aromatic N) is 1. The molecule has 0 bridgehead atoms. The summed E-state index contributed by atoms with van der Waals surface area (Å²) < 4.78 is 7.96. The molecule has 1 N–H and O–H groups in total.